The van der Waals surface area contributed by atoms with Gasteiger partial charge in [-0.3, -0.25) is 9.59 Å². The number of thiophene rings is 1. The minimum atomic E-state index is -0.163. The summed E-state index contributed by atoms with van der Waals surface area (Å²) in [5.41, 5.74) is 1.17. The molecule has 0 aliphatic carbocycles. The third-order valence-electron chi connectivity index (χ3n) is 3.33. The van der Waals surface area contributed by atoms with Crippen LogP contribution in [0.15, 0.2) is 48.5 Å². The van der Waals surface area contributed by atoms with Crippen LogP contribution in [0.2, 0.25) is 0 Å². The fraction of sp³-hybridized carbons (Fsp3) is 0.263. The summed E-state index contributed by atoms with van der Waals surface area (Å²) in [6.07, 6.45) is 3.32. The average molecular weight is 342 g/mol. The quantitative estimate of drug-likeness (QED) is 0.599. The van der Waals surface area contributed by atoms with E-state index in [1.54, 1.807) is 17.4 Å². The van der Waals surface area contributed by atoms with Crippen LogP contribution in [0.1, 0.15) is 18.7 Å². The van der Waals surface area contributed by atoms with E-state index in [0.717, 1.165) is 4.88 Å². The Bertz CT molecular complexity index is 705. The molecular weight excluding hydrogens is 320 g/mol. The van der Waals surface area contributed by atoms with E-state index in [1.165, 1.54) is 16.5 Å². The average Bonchev–Trinajstić information content (AvgIpc) is 3.06. The van der Waals surface area contributed by atoms with Gasteiger partial charge in [-0.2, -0.15) is 0 Å². The lowest BCUT2D eigenvalue weighted by Gasteiger charge is -2.07. The van der Waals surface area contributed by atoms with E-state index in [9.17, 15) is 9.59 Å². The molecule has 0 spiro atoms. The smallest absolute Gasteiger partial charge is 0.244 e. The number of hydrogen-bond acceptors (Lipinski definition) is 3. The normalized spacial score (nSPS) is 11.0. The van der Waals surface area contributed by atoms with Crippen molar-refractivity contribution in [3.63, 3.8) is 0 Å². The Morgan fingerprint density at radius 2 is 1.75 bits per heavy atom. The van der Waals surface area contributed by atoms with E-state index in [2.05, 4.69) is 28.8 Å². The van der Waals surface area contributed by atoms with Crippen molar-refractivity contribution in [2.24, 2.45) is 5.92 Å². The largest absolute Gasteiger partial charge is 0.354 e. The number of carbonyl (C=O) groups is 2. The molecule has 1 aromatic heterocycles. The summed E-state index contributed by atoms with van der Waals surface area (Å²) in [4.78, 5) is 25.3. The Morgan fingerprint density at radius 1 is 1.04 bits per heavy atom. The third kappa shape index (κ3) is 5.66. The summed E-state index contributed by atoms with van der Waals surface area (Å²) in [7, 11) is 0. The molecule has 2 amide bonds. The van der Waals surface area contributed by atoms with Gasteiger partial charge in [-0.05, 0) is 23.8 Å². The molecule has 1 aromatic carbocycles. The van der Waals surface area contributed by atoms with Gasteiger partial charge in [0, 0.05) is 34.8 Å². The van der Waals surface area contributed by atoms with Crippen LogP contribution in [-0.2, 0) is 9.59 Å². The van der Waals surface area contributed by atoms with Crippen molar-refractivity contribution in [2.45, 2.75) is 13.8 Å². The Hall–Kier alpha value is -2.40. The van der Waals surface area contributed by atoms with Crippen LogP contribution in [0, 0.1) is 5.92 Å². The molecular formula is C19H22N2O2S. The number of hydrogen-bond donors (Lipinski definition) is 2. The molecule has 2 aromatic rings. The second-order valence-corrected chi connectivity index (χ2v) is 6.75. The van der Waals surface area contributed by atoms with E-state index in [1.807, 2.05) is 38.1 Å². The summed E-state index contributed by atoms with van der Waals surface area (Å²) in [6, 6.07) is 14.2. The maximum absolute atomic E-state index is 11.8. The lowest BCUT2D eigenvalue weighted by molar-refractivity contribution is -0.124. The molecule has 4 nitrogen and oxygen atoms in total. The van der Waals surface area contributed by atoms with Gasteiger partial charge >= 0.3 is 0 Å². The van der Waals surface area contributed by atoms with E-state index >= 15 is 0 Å². The molecule has 0 radical (unpaired) electrons. The SMILES string of the molecule is CC(C)C(=O)NCCNC(=O)/C=C/c1ccc(-c2ccccc2)s1. The van der Waals surface area contributed by atoms with Crippen molar-refractivity contribution in [1.29, 1.82) is 0 Å². The first kappa shape index (κ1) is 17.9. The molecule has 0 atom stereocenters. The highest BCUT2D eigenvalue weighted by molar-refractivity contribution is 7.16. The van der Waals surface area contributed by atoms with Crippen LogP contribution in [0.25, 0.3) is 16.5 Å². The zero-order valence-electron chi connectivity index (χ0n) is 13.9. The molecule has 5 heteroatoms. The molecule has 126 valence electrons. The maximum atomic E-state index is 11.8. The zero-order chi connectivity index (χ0) is 17.4. The summed E-state index contributed by atoms with van der Waals surface area (Å²) >= 11 is 1.64. The van der Waals surface area contributed by atoms with Crippen LogP contribution >= 0.6 is 11.3 Å². The molecule has 1 heterocycles. The summed E-state index contributed by atoms with van der Waals surface area (Å²) in [6.45, 7) is 4.53. The van der Waals surface area contributed by atoms with Crippen molar-refractivity contribution in [3.8, 4) is 10.4 Å². The monoisotopic (exact) mass is 342 g/mol. The molecule has 2 N–H and O–H groups in total. The van der Waals surface area contributed by atoms with Gasteiger partial charge in [0.2, 0.25) is 11.8 Å². The van der Waals surface area contributed by atoms with Crippen LogP contribution in [0.3, 0.4) is 0 Å². The number of carbonyl (C=O) groups excluding carboxylic acids is 2. The predicted molar refractivity (Wildman–Crippen MR) is 99.6 cm³/mol. The molecule has 0 aliphatic rings. The highest BCUT2D eigenvalue weighted by Crippen LogP contribution is 2.28. The second kappa shape index (κ2) is 9.03. The summed E-state index contributed by atoms with van der Waals surface area (Å²) in [5.74, 6) is -0.214. The lowest BCUT2D eigenvalue weighted by atomic mass is 10.2. The van der Waals surface area contributed by atoms with E-state index in [0.29, 0.717) is 13.1 Å². The first-order valence-electron chi connectivity index (χ1n) is 7.95. The fourth-order valence-corrected chi connectivity index (χ4v) is 2.91. The molecule has 0 saturated carbocycles. The molecule has 0 bridgehead atoms. The predicted octanol–water partition coefficient (Wildman–Crippen LogP) is 3.32. The van der Waals surface area contributed by atoms with Gasteiger partial charge in [-0.1, -0.05) is 44.2 Å². The minimum Gasteiger partial charge on any atom is -0.354 e. The van der Waals surface area contributed by atoms with Crippen molar-refractivity contribution in [3.05, 3.63) is 53.4 Å². The Labute approximate surface area is 146 Å². The van der Waals surface area contributed by atoms with Gasteiger partial charge < -0.3 is 10.6 Å². The number of nitrogens with one attached hydrogen (secondary N) is 2. The molecule has 0 unspecified atom stereocenters. The highest BCUT2D eigenvalue weighted by Gasteiger charge is 2.05. The summed E-state index contributed by atoms with van der Waals surface area (Å²) in [5, 5.41) is 5.51. The Morgan fingerprint density at radius 3 is 2.46 bits per heavy atom. The van der Waals surface area contributed by atoms with Crippen molar-refractivity contribution in [1.82, 2.24) is 10.6 Å². The van der Waals surface area contributed by atoms with Crippen LogP contribution < -0.4 is 10.6 Å². The standard InChI is InChI=1S/C19H22N2O2S/c1-14(2)19(23)21-13-12-20-18(22)11-9-16-8-10-17(24-16)15-6-4-3-5-7-15/h3-11,14H,12-13H2,1-2H3,(H,20,22)(H,21,23)/b11-9+. The van der Waals surface area contributed by atoms with Gasteiger partial charge in [0.25, 0.3) is 0 Å². The second-order valence-electron chi connectivity index (χ2n) is 5.64. The Balaban J connectivity index is 1.78. The van der Waals surface area contributed by atoms with Crippen molar-refractivity contribution in [2.75, 3.05) is 13.1 Å². The van der Waals surface area contributed by atoms with Gasteiger partial charge in [-0.25, -0.2) is 0 Å². The van der Waals surface area contributed by atoms with Gasteiger partial charge in [0.1, 0.15) is 0 Å². The lowest BCUT2D eigenvalue weighted by Crippen LogP contribution is -2.35. The number of benzene rings is 1. The van der Waals surface area contributed by atoms with Gasteiger partial charge in [0.05, 0.1) is 0 Å². The first-order valence-corrected chi connectivity index (χ1v) is 8.77. The molecule has 0 saturated heterocycles. The number of rotatable bonds is 7. The van der Waals surface area contributed by atoms with Gasteiger partial charge in [-0.15, -0.1) is 11.3 Å². The molecule has 24 heavy (non-hydrogen) atoms. The molecule has 0 aliphatic heterocycles. The van der Waals surface area contributed by atoms with E-state index < -0.39 is 0 Å². The van der Waals surface area contributed by atoms with E-state index in [4.69, 9.17) is 0 Å². The number of amides is 2. The van der Waals surface area contributed by atoms with Gasteiger partial charge in [0.15, 0.2) is 0 Å². The fourth-order valence-electron chi connectivity index (χ4n) is 1.99. The van der Waals surface area contributed by atoms with Crippen LogP contribution in [0.4, 0.5) is 0 Å². The summed E-state index contributed by atoms with van der Waals surface area (Å²) < 4.78 is 0. The van der Waals surface area contributed by atoms with Crippen molar-refractivity contribution < 1.29 is 9.59 Å². The topological polar surface area (TPSA) is 58.2 Å². The molecule has 0 fully saturated rings. The first-order chi connectivity index (χ1) is 11.6. The zero-order valence-corrected chi connectivity index (χ0v) is 14.7. The highest BCUT2D eigenvalue weighted by atomic mass is 32.1. The van der Waals surface area contributed by atoms with Crippen molar-refractivity contribution >= 4 is 29.2 Å². The Kier molecular flexibility index (Phi) is 6.75. The van der Waals surface area contributed by atoms with E-state index in [-0.39, 0.29) is 17.7 Å². The minimum absolute atomic E-state index is 0.00758. The maximum Gasteiger partial charge on any atom is 0.244 e. The third-order valence-corrected chi connectivity index (χ3v) is 4.43. The van der Waals surface area contributed by atoms with Crippen LogP contribution in [-0.4, -0.2) is 24.9 Å². The molecule has 2 rings (SSSR count). The van der Waals surface area contributed by atoms with Crippen LogP contribution in [0.5, 0.6) is 0 Å².